The van der Waals surface area contributed by atoms with Gasteiger partial charge in [-0.3, -0.25) is 4.79 Å². The van der Waals surface area contributed by atoms with E-state index < -0.39 is 17.6 Å². The summed E-state index contributed by atoms with van der Waals surface area (Å²) in [4.78, 5) is 20.3. The van der Waals surface area contributed by atoms with E-state index in [1.807, 2.05) is 31.2 Å². The molecule has 1 aromatic heterocycles. The van der Waals surface area contributed by atoms with Gasteiger partial charge in [-0.25, -0.2) is 9.97 Å². The summed E-state index contributed by atoms with van der Waals surface area (Å²) >= 11 is 0. The van der Waals surface area contributed by atoms with Crippen LogP contribution in [0.3, 0.4) is 0 Å². The van der Waals surface area contributed by atoms with Gasteiger partial charge in [0.2, 0.25) is 0 Å². The van der Waals surface area contributed by atoms with E-state index >= 15 is 0 Å². The Hall–Kier alpha value is -3.42. The van der Waals surface area contributed by atoms with Gasteiger partial charge in [-0.15, -0.1) is 0 Å². The summed E-state index contributed by atoms with van der Waals surface area (Å²) in [5, 5.41) is 5.57. The summed E-state index contributed by atoms with van der Waals surface area (Å²) in [6, 6.07) is 13.3. The van der Waals surface area contributed by atoms with Crippen molar-refractivity contribution in [3.8, 4) is 0 Å². The van der Waals surface area contributed by atoms with Crippen molar-refractivity contribution in [3.63, 3.8) is 0 Å². The summed E-state index contributed by atoms with van der Waals surface area (Å²) in [7, 11) is 0. The van der Waals surface area contributed by atoms with E-state index in [1.165, 1.54) is 24.5 Å². The van der Waals surface area contributed by atoms with Gasteiger partial charge in [0, 0.05) is 17.4 Å². The molecular formula is C19H15F3N4O. The lowest BCUT2D eigenvalue weighted by molar-refractivity contribution is -0.137. The SMILES string of the molecule is Cc1ccc(Nc2cc(C(=O)Nc3ccc(C(F)(F)F)cc3)ncn2)cc1. The monoisotopic (exact) mass is 372 g/mol. The number of carbonyl (C=O) groups is 1. The number of amides is 1. The topological polar surface area (TPSA) is 66.9 Å². The highest BCUT2D eigenvalue weighted by Crippen LogP contribution is 2.29. The van der Waals surface area contributed by atoms with Gasteiger partial charge in [-0.2, -0.15) is 13.2 Å². The maximum atomic E-state index is 12.6. The fraction of sp³-hybridized carbons (Fsp3) is 0.105. The van der Waals surface area contributed by atoms with Gasteiger partial charge >= 0.3 is 6.18 Å². The first kappa shape index (κ1) is 18.4. The molecule has 0 spiro atoms. The maximum absolute atomic E-state index is 12.6. The first-order valence-electron chi connectivity index (χ1n) is 7.95. The molecule has 5 nitrogen and oxygen atoms in total. The average molecular weight is 372 g/mol. The smallest absolute Gasteiger partial charge is 0.340 e. The fourth-order valence-corrected chi connectivity index (χ4v) is 2.27. The molecule has 0 fully saturated rings. The highest BCUT2D eigenvalue weighted by molar-refractivity contribution is 6.03. The van der Waals surface area contributed by atoms with Crippen molar-refractivity contribution in [3.05, 3.63) is 77.7 Å². The summed E-state index contributed by atoms with van der Waals surface area (Å²) in [6.07, 6.45) is -3.19. The first-order valence-corrected chi connectivity index (χ1v) is 7.95. The molecule has 0 bridgehead atoms. The van der Waals surface area contributed by atoms with Crippen LogP contribution in [0.25, 0.3) is 0 Å². The molecule has 0 aliphatic rings. The highest BCUT2D eigenvalue weighted by Gasteiger charge is 2.30. The van der Waals surface area contributed by atoms with Crippen LogP contribution in [0.2, 0.25) is 0 Å². The molecule has 3 aromatic rings. The number of anilines is 3. The van der Waals surface area contributed by atoms with E-state index in [4.69, 9.17) is 0 Å². The van der Waals surface area contributed by atoms with Gasteiger partial charge in [0.25, 0.3) is 5.91 Å². The average Bonchev–Trinajstić information content (AvgIpc) is 2.63. The van der Waals surface area contributed by atoms with Crippen LogP contribution in [0.15, 0.2) is 60.9 Å². The second kappa shape index (κ2) is 7.45. The summed E-state index contributed by atoms with van der Waals surface area (Å²) in [5.74, 6) is -0.129. The Kier molecular flexibility index (Phi) is 5.07. The fourth-order valence-electron chi connectivity index (χ4n) is 2.27. The molecule has 8 heteroatoms. The van der Waals surface area contributed by atoms with Crippen LogP contribution < -0.4 is 10.6 Å². The van der Waals surface area contributed by atoms with Gasteiger partial charge in [-0.05, 0) is 43.3 Å². The van der Waals surface area contributed by atoms with Crippen molar-refractivity contribution in [2.75, 3.05) is 10.6 Å². The van der Waals surface area contributed by atoms with Crippen LogP contribution in [-0.4, -0.2) is 15.9 Å². The van der Waals surface area contributed by atoms with E-state index in [-0.39, 0.29) is 11.4 Å². The van der Waals surface area contributed by atoms with Gasteiger partial charge in [0.15, 0.2) is 0 Å². The normalized spacial score (nSPS) is 11.1. The molecule has 0 atom stereocenters. The molecule has 2 aromatic carbocycles. The minimum atomic E-state index is -4.42. The van der Waals surface area contributed by atoms with Gasteiger partial charge < -0.3 is 10.6 Å². The van der Waals surface area contributed by atoms with Crippen molar-refractivity contribution in [1.29, 1.82) is 0 Å². The van der Waals surface area contributed by atoms with Gasteiger partial charge in [0.05, 0.1) is 5.56 Å². The van der Waals surface area contributed by atoms with Crippen molar-refractivity contribution >= 4 is 23.1 Å². The molecule has 138 valence electrons. The van der Waals surface area contributed by atoms with Crippen LogP contribution in [0.1, 0.15) is 21.6 Å². The summed E-state index contributed by atoms with van der Waals surface area (Å²) in [6.45, 7) is 1.97. The predicted molar refractivity (Wildman–Crippen MR) is 95.9 cm³/mol. The molecule has 2 N–H and O–H groups in total. The number of alkyl halides is 3. The minimum absolute atomic E-state index is 0.0829. The second-order valence-electron chi connectivity index (χ2n) is 5.81. The Morgan fingerprint density at radius 1 is 0.926 bits per heavy atom. The number of benzene rings is 2. The third-order valence-corrected chi connectivity index (χ3v) is 3.69. The number of aromatic nitrogens is 2. The Morgan fingerprint density at radius 2 is 1.56 bits per heavy atom. The van der Waals surface area contributed by atoms with E-state index in [0.29, 0.717) is 5.82 Å². The molecule has 0 saturated carbocycles. The van der Waals surface area contributed by atoms with Crippen LogP contribution in [0, 0.1) is 6.92 Å². The lowest BCUT2D eigenvalue weighted by atomic mass is 10.2. The molecule has 3 rings (SSSR count). The third-order valence-electron chi connectivity index (χ3n) is 3.69. The number of rotatable bonds is 4. The molecule has 0 aliphatic carbocycles. The number of hydrogen-bond donors (Lipinski definition) is 2. The number of carbonyl (C=O) groups excluding carboxylic acids is 1. The van der Waals surface area contributed by atoms with Gasteiger partial charge in [0.1, 0.15) is 17.8 Å². The largest absolute Gasteiger partial charge is 0.416 e. The Morgan fingerprint density at radius 3 is 2.19 bits per heavy atom. The molecular weight excluding hydrogens is 357 g/mol. The Labute approximate surface area is 153 Å². The predicted octanol–water partition coefficient (Wildman–Crippen LogP) is 4.80. The third kappa shape index (κ3) is 4.81. The highest BCUT2D eigenvalue weighted by atomic mass is 19.4. The molecule has 1 amide bonds. The van der Waals surface area contributed by atoms with Crippen molar-refractivity contribution in [2.45, 2.75) is 13.1 Å². The van der Waals surface area contributed by atoms with Crippen LogP contribution in [0.5, 0.6) is 0 Å². The van der Waals surface area contributed by atoms with E-state index in [9.17, 15) is 18.0 Å². The Balaban J connectivity index is 1.70. The number of aryl methyl sites for hydroxylation is 1. The van der Waals surface area contributed by atoms with Crippen LogP contribution >= 0.6 is 0 Å². The minimum Gasteiger partial charge on any atom is -0.340 e. The van der Waals surface area contributed by atoms with Crippen LogP contribution in [0.4, 0.5) is 30.4 Å². The molecule has 27 heavy (non-hydrogen) atoms. The van der Waals surface area contributed by atoms with Crippen molar-refractivity contribution in [1.82, 2.24) is 9.97 Å². The molecule has 0 unspecified atom stereocenters. The molecule has 0 aliphatic heterocycles. The lowest BCUT2D eigenvalue weighted by Crippen LogP contribution is -2.14. The molecule has 0 radical (unpaired) electrons. The Bertz CT molecular complexity index is 938. The van der Waals surface area contributed by atoms with E-state index in [0.717, 1.165) is 23.4 Å². The first-order chi connectivity index (χ1) is 12.8. The zero-order valence-electron chi connectivity index (χ0n) is 14.2. The second-order valence-corrected chi connectivity index (χ2v) is 5.81. The summed E-state index contributed by atoms with van der Waals surface area (Å²) < 4.78 is 37.7. The number of halogens is 3. The van der Waals surface area contributed by atoms with Crippen molar-refractivity contribution in [2.24, 2.45) is 0 Å². The molecule has 0 saturated heterocycles. The quantitative estimate of drug-likeness (QED) is 0.690. The maximum Gasteiger partial charge on any atom is 0.416 e. The lowest BCUT2D eigenvalue weighted by Gasteiger charge is -2.09. The zero-order chi connectivity index (χ0) is 19.4. The number of nitrogens with one attached hydrogen (secondary N) is 2. The van der Waals surface area contributed by atoms with E-state index in [2.05, 4.69) is 20.6 Å². The summed E-state index contributed by atoms with van der Waals surface area (Å²) in [5.41, 5.74) is 1.44. The number of hydrogen-bond acceptors (Lipinski definition) is 4. The van der Waals surface area contributed by atoms with Crippen LogP contribution in [-0.2, 0) is 6.18 Å². The van der Waals surface area contributed by atoms with Crippen molar-refractivity contribution < 1.29 is 18.0 Å². The standard InChI is InChI=1S/C19H15F3N4O/c1-12-2-6-14(7-3-12)25-17-10-16(23-11-24-17)18(27)26-15-8-4-13(5-9-15)19(20,21)22/h2-11H,1H3,(H,26,27)(H,23,24,25). The number of nitrogens with zero attached hydrogens (tertiary/aromatic N) is 2. The van der Waals surface area contributed by atoms with Gasteiger partial charge in [-0.1, -0.05) is 17.7 Å². The zero-order valence-corrected chi connectivity index (χ0v) is 14.2. The molecule has 1 heterocycles. The van der Waals surface area contributed by atoms with E-state index in [1.54, 1.807) is 0 Å².